The first kappa shape index (κ1) is 12.2. The maximum Gasteiger partial charge on any atom is 0.0453 e. The number of hydrogen-bond donors (Lipinski definition) is 0. The minimum atomic E-state index is 0.451. The molecule has 0 fully saturated rings. The highest BCUT2D eigenvalue weighted by molar-refractivity contribution is 5.39. The fourth-order valence-corrected chi connectivity index (χ4v) is 1.30. The van der Waals surface area contributed by atoms with Gasteiger partial charge < -0.3 is 0 Å². The van der Waals surface area contributed by atoms with Gasteiger partial charge in [-0.05, 0) is 51.5 Å². The molecule has 0 aromatic heterocycles. The number of rotatable bonds is 3. The van der Waals surface area contributed by atoms with E-state index in [2.05, 4.69) is 53.3 Å². The second-order valence-electron chi connectivity index (χ2n) is 3.95. The number of hydrogen-bond acceptors (Lipinski definition) is 1. The molecule has 0 aromatic rings. The SMILES string of the molecule is C=N/C(=C(/C)C(C)=C(C)C)C(C)C. The Bertz CT molecular complexity index is 250. The van der Waals surface area contributed by atoms with Gasteiger partial charge in [0.15, 0.2) is 0 Å². The summed E-state index contributed by atoms with van der Waals surface area (Å²) in [4.78, 5) is 4.09. The largest absolute Gasteiger partial charge is 0.269 e. The molecule has 0 rings (SSSR count). The lowest BCUT2D eigenvalue weighted by molar-refractivity contribution is 0.748. The Labute approximate surface area is 82.3 Å². The van der Waals surface area contributed by atoms with Crippen LogP contribution >= 0.6 is 0 Å². The lowest BCUT2D eigenvalue weighted by atomic mass is 9.98. The molecule has 0 saturated carbocycles. The van der Waals surface area contributed by atoms with Crippen molar-refractivity contribution in [3.05, 3.63) is 22.4 Å². The van der Waals surface area contributed by atoms with Crippen molar-refractivity contribution in [2.45, 2.75) is 41.5 Å². The molecule has 0 heterocycles. The molecule has 0 aliphatic carbocycles. The van der Waals surface area contributed by atoms with Gasteiger partial charge in [-0.2, -0.15) is 0 Å². The molecule has 0 aliphatic heterocycles. The first-order chi connectivity index (χ1) is 5.91. The molecule has 0 unspecified atom stereocenters. The predicted octanol–water partition coefficient (Wildman–Crippen LogP) is 3.97. The molecule has 0 aliphatic rings. The summed E-state index contributed by atoms with van der Waals surface area (Å²) in [5, 5.41) is 0. The fraction of sp³-hybridized carbons (Fsp3) is 0.583. The average molecular weight is 179 g/mol. The molecule has 0 aromatic carbocycles. The van der Waals surface area contributed by atoms with Gasteiger partial charge in [-0.25, -0.2) is 0 Å². The van der Waals surface area contributed by atoms with Crippen molar-refractivity contribution in [2.24, 2.45) is 10.9 Å². The van der Waals surface area contributed by atoms with E-state index in [9.17, 15) is 0 Å². The van der Waals surface area contributed by atoms with Crippen LogP contribution in [0.3, 0.4) is 0 Å². The summed E-state index contributed by atoms with van der Waals surface area (Å²) in [5.74, 6) is 0.451. The third-order valence-electron chi connectivity index (χ3n) is 2.41. The second kappa shape index (κ2) is 5.00. The Kier molecular flexibility index (Phi) is 4.68. The van der Waals surface area contributed by atoms with Gasteiger partial charge in [0, 0.05) is 5.70 Å². The summed E-state index contributed by atoms with van der Waals surface area (Å²) in [6.45, 7) is 16.4. The van der Waals surface area contributed by atoms with Crippen LogP contribution in [0.4, 0.5) is 0 Å². The minimum absolute atomic E-state index is 0.451. The van der Waals surface area contributed by atoms with Gasteiger partial charge in [0.25, 0.3) is 0 Å². The second-order valence-corrected chi connectivity index (χ2v) is 3.95. The molecule has 1 nitrogen and oxygen atoms in total. The van der Waals surface area contributed by atoms with Crippen LogP contribution in [0.1, 0.15) is 41.5 Å². The number of aliphatic imine (C=N–C) groups is 1. The molecule has 0 bridgehead atoms. The molecule has 74 valence electrons. The first-order valence-corrected chi connectivity index (χ1v) is 4.73. The molecule has 0 N–H and O–H groups in total. The molecule has 1 heteroatoms. The fourth-order valence-electron chi connectivity index (χ4n) is 1.30. The Morgan fingerprint density at radius 2 is 1.46 bits per heavy atom. The van der Waals surface area contributed by atoms with E-state index in [1.54, 1.807) is 0 Å². The summed E-state index contributed by atoms with van der Waals surface area (Å²) < 4.78 is 0. The van der Waals surface area contributed by atoms with E-state index >= 15 is 0 Å². The average Bonchev–Trinajstić information content (AvgIpc) is 2.03. The van der Waals surface area contributed by atoms with Crippen LogP contribution in [0.15, 0.2) is 27.4 Å². The van der Waals surface area contributed by atoms with Crippen molar-refractivity contribution < 1.29 is 0 Å². The van der Waals surface area contributed by atoms with Crippen molar-refractivity contribution in [3.63, 3.8) is 0 Å². The molecule has 13 heavy (non-hydrogen) atoms. The Morgan fingerprint density at radius 3 is 1.69 bits per heavy atom. The highest BCUT2D eigenvalue weighted by Crippen LogP contribution is 2.23. The quantitative estimate of drug-likeness (QED) is 0.459. The van der Waals surface area contributed by atoms with Crippen LogP contribution in [-0.4, -0.2) is 6.72 Å². The van der Waals surface area contributed by atoms with Crippen molar-refractivity contribution in [3.8, 4) is 0 Å². The molecule has 0 saturated heterocycles. The van der Waals surface area contributed by atoms with Crippen LogP contribution in [0, 0.1) is 5.92 Å². The Hall–Kier alpha value is -0.850. The van der Waals surface area contributed by atoms with Crippen molar-refractivity contribution in [1.82, 2.24) is 0 Å². The van der Waals surface area contributed by atoms with Crippen molar-refractivity contribution in [2.75, 3.05) is 0 Å². The summed E-state index contributed by atoms with van der Waals surface area (Å²) in [6, 6.07) is 0. The van der Waals surface area contributed by atoms with Crippen LogP contribution in [0.25, 0.3) is 0 Å². The monoisotopic (exact) mass is 179 g/mol. The molecule has 0 atom stereocenters. The summed E-state index contributed by atoms with van der Waals surface area (Å²) in [5.41, 5.74) is 5.05. The molecular formula is C12H21N. The zero-order valence-electron chi connectivity index (χ0n) is 9.73. The lowest BCUT2D eigenvalue weighted by Gasteiger charge is -2.12. The van der Waals surface area contributed by atoms with Gasteiger partial charge in [0.1, 0.15) is 0 Å². The zero-order chi connectivity index (χ0) is 10.6. The lowest BCUT2D eigenvalue weighted by Crippen LogP contribution is -1.97. The smallest absolute Gasteiger partial charge is 0.0453 e. The van der Waals surface area contributed by atoms with E-state index in [0.29, 0.717) is 5.92 Å². The van der Waals surface area contributed by atoms with Gasteiger partial charge in [0.05, 0.1) is 0 Å². The van der Waals surface area contributed by atoms with Gasteiger partial charge in [-0.1, -0.05) is 19.4 Å². The molecule has 0 spiro atoms. The molecule has 0 radical (unpaired) electrons. The predicted molar refractivity (Wildman–Crippen MR) is 61.1 cm³/mol. The van der Waals surface area contributed by atoms with Gasteiger partial charge in [-0.15, -0.1) is 0 Å². The summed E-state index contributed by atoms with van der Waals surface area (Å²) in [7, 11) is 0. The highest BCUT2D eigenvalue weighted by Gasteiger charge is 2.07. The van der Waals surface area contributed by atoms with Crippen molar-refractivity contribution >= 4 is 6.72 Å². The number of allylic oxidation sites excluding steroid dienone is 4. The van der Waals surface area contributed by atoms with E-state index in [0.717, 1.165) is 5.70 Å². The molecular weight excluding hydrogens is 158 g/mol. The van der Waals surface area contributed by atoms with E-state index in [4.69, 9.17) is 0 Å². The maximum atomic E-state index is 4.09. The van der Waals surface area contributed by atoms with E-state index in [1.807, 2.05) is 0 Å². The third-order valence-corrected chi connectivity index (χ3v) is 2.41. The van der Waals surface area contributed by atoms with Gasteiger partial charge >= 0.3 is 0 Å². The van der Waals surface area contributed by atoms with Crippen LogP contribution in [0.2, 0.25) is 0 Å². The highest BCUT2D eigenvalue weighted by atomic mass is 14.7. The summed E-state index contributed by atoms with van der Waals surface area (Å²) >= 11 is 0. The van der Waals surface area contributed by atoms with E-state index in [-0.39, 0.29) is 0 Å². The van der Waals surface area contributed by atoms with E-state index in [1.165, 1.54) is 16.7 Å². The zero-order valence-corrected chi connectivity index (χ0v) is 9.73. The minimum Gasteiger partial charge on any atom is -0.269 e. The summed E-state index contributed by atoms with van der Waals surface area (Å²) in [6.07, 6.45) is 0. The Balaban J connectivity index is 5.21. The van der Waals surface area contributed by atoms with Crippen molar-refractivity contribution in [1.29, 1.82) is 0 Å². The van der Waals surface area contributed by atoms with E-state index < -0.39 is 0 Å². The molecule has 0 amide bonds. The van der Waals surface area contributed by atoms with Gasteiger partial charge in [-0.3, -0.25) is 4.99 Å². The topological polar surface area (TPSA) is 12.4 Å². The van der Waals surface area contributed by atoms with Gasteiger partial charge in [0.2, 0.25) is 0 Å². The standard InChI is InChI=1S/C12H21N/c1-8(2)10(5)11(6)12(13-7)9(3)4/h9H,7H2,1-6H3/b12-11-. The Morgan fingerprint density at radius 1 is 1.00 bits per heavy atom. The third kappa shape index (κ3) is 3.17. The maximum absolute atomic E-state index is 4.09. The van der Waals surface area contributed by atoms with Crippen LogP contribution in [-0.2, 0) is 0 Å². The normalized spacial score (nSPS) is 12.5. The van der Waals surface area contributed by atoms with Crippen LogP contribution < -0.4 is 0 Å². The van der Waals surface area contributed by atoms with Crippen LogP contribution in [0.5, 0.6) is 0 Å². The first-order valence-electron chi connectivity index (χ1n) is 4.73. The number of nitrogens with zero attached hydrogens (tertiary/aromatic N) is 1.